The van der Waals surface area contributed by atoms with Crippen molar-refractivity contribution in [3.63, 3.8) is 0 Å². The third kappa shape index (κ3) is 5.81. The fraction of sp³-hybridized carbons (Fsp3) is 0.200. The molecule has 0 aliphatic heterocycles. The average molecular weight is 784 g/mol. The minimum atomic E-state index is 0. The molecule has 0 spiro atoms. The summed E-state index contributed by atoms with van der Waals surface area (Å²) in [5, 5.41) is 7.18. The van der Waals surface area contributed by atoms with Crippen molar-refractivity contribution in [2.45, 2.75) is 53.4 Å². The molecule has 4 aromatic carbocycles. The molecule has 0 bridgehead atoms. The Kier molecular flexibility index (Phi) is 8.97. The molecule has 0 saturated carbocycles. The van der Waals surface area contributed by atoms with E-state index in [2.05, 4.69) is 105 Å². The van der Waals surface area contributed by atoms with Crippen LogP contribution < -0.4 is 4.74 Å². The van der Waals surface area contributed by atoms with Gasteiger partial charge in [-0.2, -0.15) is 17.2 Å². The summed E-state index contributed by atoms with van der Waals surface area (Å²) in [5.41, 5.74) is 9.77. The minimum Gasteiger partial charge on any atom is -0.509 e. The van der Waals surface area contributed by atoms with Gasteiger partial charge in [0.2, 0.25) is 0 Å². The SMILES string of the molecule is CCCc1ccnc(-n2c3[c-]c(Oc4[c-]c(-n5nc(C)c(-c6ccccc6)c5C)ccc4)ccc3c3cc(C(C)C)ccc32)c1.[Pt+2]. The van der Waals surface area contributed by atoms with Gasteiger partial charge in [-0.05, 0) is 72.1 Å². The maximum Gasteiger partial charge on any atom is 2.00 e. The van der Waals surface area contributed by atoms with Crippen LogP contribution in [0.1, 0.15) is 55.6 Å². The molecule has 3 aromatic heterocycles. The number of ether oxygens (including phenoxy) is 1. The molecule has 0 amide bonds. The van der Waals surface area contributed by atoms with Gasteiger partial charge in [-0.3, -0.25) is 4.68 Å². The molecule has 0 N–H and O–H groups in total. The smallest absolute Gasteiger partial charge is 0.509 e. The van der Waals surface area contributed by atoms with Crippen LogP contribution in [-0.2, 0) is 27.5 Å². The van der Waals surface area contributed by atoms with Gasteiger partial charge in [0.1, 0.15) is 5.82 Å². The minimum absolute atomic E-state index is 0. The second-order valence-corrected chi connectivity index (χ2v) is 11.9. The number of fused-ring (bicyclic) bond motifs is 3. The molecule has 0 atom stereocenters. The topological polar surface area (TPSA) is 44.9 Å². The predicted octanol–water partition coefficient (Wildman–Crippen LogP) is 10.1. The Balaban J connectivity index is 0.00000372. The van der Waals surface area contributed by atoms with Crippen molar-refractivity contribution in [2.24, 2.45) is 0 Å². The van der Waals surface area contributed by atoms with E-state index >= 15 is 0 Å². The molecule has 46 heavy (non-hydrogen) atoms. The van der Waals surface area contributed by atoms with E-state index in [4.69, 9.17) is 14.8 Å². The first-order chi connectivity index (χ1) is 21.9. The van der Waals surface area contributed by atoms with E-state index in [-0.39, 0.29) is 21.1 Å². The first kappa shape index (κ1) is 31.5. The van der Waals surface area contributed by atoms with Crippen LogP contribution in [0, 0.1) is 26.0 Å². The molecule has 0 unspecified atom stereocenters. The van der Waals surface area contributed by atoms with Gasteiger partial charge in [0.05, 0.1) is 5.69 Å². The molecular formula is C40H36N4OPt. The Morgan fingerprint density at radius 1 is 0.826 bits per heavy atom. The number of pyridine rings is 1. The largest absolute Gasteiger partial charge is 2.00 e. The van der Waals surface area contributed by atoms with Crippen LogP contribution in [0.25, 0.3) is 44.4 Å². The van der Waals surface area contributed by atoms with E-state index in [1.165, 1.54) is 16.5 Å². The second-order valence-electron chi connectivity index (χ2n) is 11.9. The van der Waals surface area contributed by atoms with Crippen LogP contribution >= 0.6 is 0 Å². The van der Waals surface area contributed by atoms with Gasteiger partial charge in [0.15, 0.2) is 0 Å². The summed E-state index contributed by atoms with van der Waals surface area (Å²) in [5.74, 6) is 2.54. The van der Waals surface area contributed by atoms with Crippen molar-refractivity contribution in [1.82, 2.24) is 19.3 Å². The summed E-state index contributed by atoms with van der Waals surface area (Å²) < 4.78 is 10.6. The number of rotatable bonds is 8. The van der Waals surface area contributed by atoms with Gasteiger partial charge in [-0.15, -0.1) is 35.7 Å². The zero-order valence-corrected chi connectivity index (χ0v) is 29.0. The van der Waals surface area contributed by atoms with Gasteiger partial charge < -0.3 is 9.30 Å². The molecule has 0 aliphatic carbocycles. The van der Waals surface area contributed by atoms with E-state index in [1.807, 2.05) is 48.1 Å². The summed E-state index contributed by atoms with van der Waals surface area (Å²) in [7, 11) is 0. The monoisotopic (exact) mass is 783 g/mol. The Bertz CT molecular complexity index is 2160. The summed E-state index contributed by atoms with van der Waals surface area (Å²) in [6, 6.07) is 38.5. The molecule has 3 heterocycles. The van der Waals surface area contributed by atoms with Crippen LogP contribution in [0.15, 0.2) is 97.2 Å². The quantitative estimate of drug-likeness (QED) is 0.144. The average Bonchev–Trinajstić information content (AvgIpc) is 3.54. The van der Waals surface area contributed by atoms with Gasteiger partial charge in [0.25, 0.3) is 0 Å². The Morgan fingerprint density at radius 3 is 2.41 bits per heavy atom. The van der Waals surface area contributed by atoms with Crippen molar-refractivity contribution < 1.29 is 25.8 Å². The summed E-state index contributed by atoms with van der Waals surface area (Å²) in [4.78, 5) is 4.81. The molecule has 0 aliphatic rings. The molecule has 232 valence electrons. The van der Waals surface area contributed by atoms with Crippen molar-refractivity contribution in [3.05, 3.63) is 132 Å². The number of hydrogen-bond acceptors (Lipinski definition) is 3. The van der Waals surface area contributed by atoms with Crippen LogP contribution in [0.3, 0.4) is 0 Å². The maximum absolute atomic E-state index is 6.44. The maximum atomic E-state index is 6.44. The summed E-state index contributed by atoms with van der Waals surface area (Å²) >= 11 is 0. The first-order valence-corrected chi connectivity index (χ1v) is 15.7. The summed E-state index contributed by atoms with van der Waals surface area (Å²) in [6.07, 6.45) is 4.00. The van der Waals surface area contributed by atoms with Crippen LogP contribution in [0.2, 0.25) is 0 Å². The van der Waals surface area contributed by atoms with E-state index in [0.717, 1.165) is 63.3 Å². The van der Waals surface area contributed by atoms with Gasteiger partial charge in [-0.25, -0.2) is 4.98 Å². The summed E-state index contributed by atoms with van der Waals surface area (Å²) in [6.45, 7) is 10.8. The Hall–Kier alpha value is -4.47. The van der Waals surface area contributed by atoms with Gasteiger partial charge in [-0.1, -0.05) is 75.2 Å². The van der Waals surface area contributed by atoms with E-state index in [9.17, 15) is 0 Å². The van der Waals surface area contributed by atoms with E-state index in [0.29, 0.717) is 17.4 Å². The Morgan fingerprint density at radius 2 is 1.63 bits per heavy atom. The normalized spacial score (nSPS) is 11.3. The number of aromatic nitrogens is 4. The molecule has 0 saturated heterocycles. The third-order valence-electron chi connectivity index (χ3n) is 8.47. The fourth-order valence-corrected chi connectivity index (χ4v) is 6.26. The van der Waals surface area contributed by atoms with Crippen molar-refractivity contribution >= 4 is 21.8 Å². The van der Waals surface area contributed by atoms with E-state index in [1.54, 1.807) is 0 Å². The molecule has 0 radical (unpaired) electrons. The van der Waals surface area contributed by atoms with Crippen molar-refractivity contribution in [2.75, 3.05) is 0 Å². The number of aryl methyl sites for hydroxylation is 2. The van der Waals surface area contributed by atoms with Crippen LogP contribution in [-0.4, -0.2) is 19.3 Å². The number of benzene rings is 4. The fourth-order valence-electron chi connectivity index (χ4n) is 6.26. The van der Waals surface area contributed by atoms with E-state index < -0.39 is 0 Å². The van der Waals surface area contributed by atoms with Crippen molar-refractivity contribution in [1.29, 1.82) is 0 Å². The predicted molar refractivity (Wildman–Crippen MR) is 183 cm³/mol. The number of hydrogen-bond donors (Lipinski definition) is 0. The molecule has 6 heteroatoms. The molecule has 5 nitrogen and oxygen atoms in total. The molecular weight excluding hydrogens is 748 g/mol. The molecule has 7 rings (SSSR count). The zero-order chi connectivity index (χ0) is 31.1. The van der Waals surface area contributed by atoms with Gasteiger partial charge in [0, 0.05) is 34.5 Å². The van der Waals surface area contributed by atoms with Gasteiger partial charge >= 0.3 is 21.1 Å². The Labute approximate surface area is 285 Å². The molecule has 7 aromatic rings. The first-order valence-electron chi connectivity index (χ1n) is 15.7. The third-order valence-corrected chi connectivity index (χ3v) is 8.47. The number of nitrogens with zero attached hydrogens (tertiary/aromatic N) is 4. The standard InChI is InChI=1S/C40H36N4O.Pt/c1-6-11-29-20-21-41-39(22-29)43-37-19-16-31(26(2)3)23-36(37)35-18-17-34(25-38(35)43)45-33-15-10-14-32(24-33)44-28(5)40(27(4)42-44)30-12-8-7-9-13-30;/h7-10,12-23,26H,6,11H2,1-5H3;/q-2;+2. The van der Waals surface area contributed by atoms with Crippen LogP contribution in [0.4, 0.5) is 0 Å². The van der Waals surface area contributed by atoms with Crippen LogP contribution in [0.5, 0.6) is 11.5 Å². The van der Waals surface area contributed by atoms with Crippen molar-refractivity contribution in [3.8, 4) is 34.1 Å². The zero-order valence-electron chi connectivity index (χ0n) is 26.7. The second kappa shape index (κ2) is 13.1. The molecule has 0 fully saturated rings.